The number of likely N-dealkylation sites (N-methyl/N-ethyl adjacent to an activating group) is 1. The minimum absolute atomic E-state index is 0.194. The largest absolute Gasteiger partial charge is 0.489 e. The molecule has 3 N–H and O–H groups in total. The first-order valence-electron chi connectivity index (χ1n) is 11.4. The van der Waals surface area contributed by atoms with Crippen molar-refractivity contribution in [1.29, 1.82) is 0 Å². The fourth-order valence-electron chi connectivity index (χ4n) is 3.34. The van der Waals surface area contributed by atoms with Gasteiger partial charge in [-0.15, -0.1) is 0 Å². The van der Waals surface area contributed by atoms with E-state index in [0.717, 1.165) is 5.56 Å². The molecule has 0 radical (unpaired) electrons. The van der Waals surface area contributed by atoms with Gasteiger partial charge in [-0.25, -0.2) is 10.4 Å². The zero-order valence-corrected chi connectivity index (χ0v) is 21.4. The van der Waals surface area contributed by atoms with E-state index in [1.807, 2.05) is 12.1 Å². The van der Waals surface area contributed by atoms with Gasteiger partial charge in [0.2, 0.25) is 0 Å². The van der Waals surface area contributed by atoms with Crippen LogP contribution in [0.2, 0.25) is 5.02 Å². The molecule has 0 bridgehead atoms. The van der Waals surface area contributed by atoms with Crippen molar-refractivity contribution in [2.24, 2.45) is 15.1 Å². The third-order valence-corrected chi connectivity index (χ3v) is 5.54. The molecule has 1 aliphatic heterocycles. The summed E-state index contributed by atoms with van der Waals surface area (Å²) in [6, 6.07) is 10.5. The molecule has 12 heteroatoms. The quantitative estimate of drug-likeness (QED) is 0.325. The molecule has 0 unspecified atom stereocenters. The topological polar surface area (TPSA) is 125 Å². The van der Waals surface area contributed by atoms with E-state index in [4.69, 9.17) is 16.3 Å². The number of carbonyl (C=O) groups is 2. The first-order valence-corrected chi connectivity index (χ1v) is 11.8. The second-order valence-corrected chi connectivity index (χ2v) is 8.21. The van der Waals surface area contributed by atoms with Crippen LogP contribution in [0.3, 0.4) is 0 Å². The van der Waals surface area contributed by atoms with Crippen LogP contribution in [0.4, 0.5) is 0 Å². The van der Waals surface area contributed by atoms with E-state index in [0.29, 0.717) is 35.3 Å². The van der Waals surface area contributed by atoms with Crippen molar-refractivity contribution >= 4 is 48.4 Å². The average Bonchev–Trinajstić information content (AvgIpc) is 3.35. The number of hydrazone groups is 1. The van der Waals surface area contributed by atoms with Gasteiger partial charge in [0.05, 0.1) is 30.2 Å². The third kappa shape index (κ3) is 7.63. The molecule has 11 nitrogen and oxygen atoms in total. The molecule has 1 aromatic heterocycles. The molecular formula is C25H29ClN8O3. The van der Waals surface area contributed by atoms with E-state index in [9.17, 15) is 9.59 Å². The van der Waals surface area contributed by atoms with Crippen LogP contribution >= 0.6 is 11.6 Å². The highest BCUT2D eigenvalue weighted by atomic mass is 35.5. The molecule has 2 heterocycles. The molecule has 0 saturated carbocycles. The molecule has 0 saturated heterocycles. The zero-order chi connectivity index (χ0) is 26.6. The predicted octanol–water partition coefficient (Wildman–Crippen LogP) is 2.48. The van der Waals surface area contributed by atoms with Crippen molar-refractivity contribution in [3.05, 3.63) is 76.3 Å². The molecule has 3 rings (SSSR count). The highest BCUT2D eigenvalue weighted by molar-refractivity contribution is 6.30. The summed E-state index contributed by atoms with van der Waals surface area (Å²) >= 11 is 5.98. The van der Waals surface area contributed by atoms with Gasteiger partial charge in [-0.05, 0) is 57.1 Å². The van der Waals surface area contributed by atoms with E-state index in [1.165, 1.54) is 23.4 Å². The minimum Gasteiger partial charge on any atom is -0.489 e. The number of hydrogen-bond donors (Lipinski definition) is 3. The molecule has 0 atom stereocenters. The Labute approximate surface area is 220 Å². The summed E-state index contributed by atoms with van der Waals surface area (Å²) in [6.07, 6.45) is 5.89. The summed E-state index contributed by atoms with van der Waals surface area (Å²) < 4.78 is 7.44. The maximum atomic E-state index is 13.5. The van der Waals surface area contributed by atoms with Crippen molar-refractivity contribution < 1.29 is 14.3 Å². The van der Waals surface area contributed by atoms with Gasteiger partial charge in [0, 0.05) is 29.9 Å². The lowest BCUT2D eigenvalue weighted by atomic mass is 10.2. The monoisotopic (exact) mass is 524 g/mol. The zero-order valence-electron chi connectivity index (χ0n) is 20.6. The van der Waals surface area contributed by atoms with Crippen molar-refractivity contribution in [3.8, 4) is 0 Å². The minimum atomic E-state index is -0.439. The van der Waals surface area contributed by atoms with E-state index in [-0.39, 0.29) is 24.6 Å². The van der Waals surface area contributed by atoms with Crippen LogP contribution in [-0.2, 0) is 9.53 Å². The van der Waals surface area contributed by atoms with Crippen LogP contribution in [0.25, 0.3) is 5.76 Å². The normalized spacial score (nSPS) is 16.6. The first-order chi connectivity index (χ1) is 17.9. The Hall–Kier alpha value is -4.22. The van der Waals surface area contributed by atoms with Gasteiger partial charge >= 0.3 is 0 Å². The first kappa shape index (κ1) is 27.4. The third-order valence-electron chi connectivity index (χ3n) is 5.29. The smallest absolute Gasteiger partial charge is 0.289 e. The summed E-state index contributed by atoms with van der Waals surface area (Å²) in [5.74, 6) is -0.252. The van der Waals surface area contributed by atoms with Gasteiger partial charge in [0.1, 0.15) is 24.4 Å². The Morgan fingerprint density at radius 2 is 2.08 bits per heavy atom. The number of nitrogens with zero attached hydrogens (tertiary/aromatic N) is 5. The average molecular weight is 525 g/mol. The van der Waals surface area contributed by atoms with Gasteiger partial charge < -0.3 is 15.0 Å². The van der Waals surface area contributed by atoms with Crippen LogP contribution < -0.4 is 16.2 Å². The number of aliphatic imine (C=N–C) groups is 2. The Balaban J connectivity index is 1.77. The Morgan fingerprint density at radius 3 is 2.81 bits per heavy atom. The lowest BCUT2D eigenvalue weighted by Gasteiger charge is -2.24. The van der Waals surface area contributed by atoms with Crippen molar-refractivity contribution in [2.75, 3.05) is 38.7 Å². The number of rotatable bonds is 10. The Bertz CT molecular complexity index is 1230. The summed E-state index contributed by atoms with van der Waals surface area (Å²) in [6.45, 7) is 6.62. The SMILES string of the molecule is C=N/C=C(\OCCN(CCNC)C(=O)C1=C(\C)N=CNn2cccc2C(=O)N/N=C\1)c1ccc(Cl)cc1. The molecule has 194 valence electrons. The second kappa shape index (κ2) is 13.8. The number of carbonyl (C=O) groups excluding carboxylic acids is 2. The summed E-state index contributed by atoms with van der Waals surface area (Å²) in [4.78, 5) is 35.8. The number of fused-ring (bicyclic) bond motifs is 1. The number of halogens is 1. The van der Waals surface area contributed by atoms with Gasteiger partial charge in [-0.2, -0.15) is 5.10 Å². The van der Waals surface area contributed by atoms with E-state index in [1.54, 1.807) is 49.3 Å². The van der Waals surface area contributed by atoms with Gasteiger partial charge in [-0.1, -0.05) is 11.6 Å². The number of allylic oxidation sites excluding steroid dienone is 1. The summed E-state index contributed by atoms with van der Waals surface area (Å²) in [7, 11) is 1.80. The van der Waals surface area contributed by atoms with E-state index in [2.05, 4.69) is 38.0 Å². The number of ether oxygens (including phenoxy) is 1. The maximum absolute atomic E-state index is 13.5. The number of amides is 2. The van der Waals surface area contributed by atoms with Crippen LogP contribution in [0.15, 0.2) is 75.2 Å². The van der Waals surface area contributed by atoms with E-state index < -0.39 is 5.91 Å². The van der Waals surface area contributed by atoms with E-state index >= 15 is 0 Å². The van der Waals surface area contributed by atoms with Crippen LogP contribution in [0, 0.1) is 0 Å². The Kier molecular flexibility index (Phi) is 10.2. The lowest BCUT2D eigenvalue weighted by Crippen LogP contribution is -2.39. The molecule has 2 amide bonds. The van der Waals surface area contributed by atoms with Crippen molar-refractivity contribution in [2.45, 2.75) is 6.92 Å². The molecule has 1 aromatic carbocycles. The predicted molar refractivity (Wildman–Crippen MR) is 146 cm³/mol. The van der Waals surface area contributed by atoms with Crippen molar-refractivity contribution in [1.82, 2.24) is 20.3 Å². The molecule has 0 spiro atoms. The van der Waals surface area contributed by atoms with Crippen LogP contribution in [0.5, 0.6) is 0 Å². The summed E-state index contributed by atoms with van der Waals surface area (Å²) in [5.41, 5.74) is 7.09. The molecule has 1 aliphatic rings. The van der Waals surface area contributed by atoms with Gasteiger partial charge in [0.15, 0.2) is 0 Å². The number of hydrogen-bond acceptors (Lipinski definition) is 8. The fourth-order valence-corrected chi connectivity index (χ4v) is 3.47. The molecule has 37 heavy (non-hydrogen) atoms. The number of nitrogens with one attached hydrogen (secondary N) is 3. The van der Waals surface area contributed by atoms with Crippen LogP contribution in [0.1, 0.15) is 23.0 Å². The van der Waals surface area contributed by atoms with Gasteiger partial charge in [0.25, 0.3) is 11.8 Å². The summed E-state index contributed by atoms with van der Waals surface area (Å²) in [5, 5.41) is 7.65. The fraction of sp³-hybridized carbons (Fsp3) is 0.240. The maximum Gasteiger partial charge on any atom is 0.289 e. The lowest BCUT2D eigenvalue weighted by molar-refractivity contribution is -0.127. The highest BCUT2D eigenvalue weighted by Crippen LogP contribution is 2.19. The second-order valence-electron chi connectivity index (χ2n) is 7.78. The number of benzene rings is 1. The molecular weight excluding hydrogens is 496 g/mol. The van der Waals surface area contributed by atoms with Crippen molar-refractivity contribution in [3.63, 3.8) is 0 Å². The highest BCUT2D eigenvalue weighted by Gasteiger charge is 2.20. The molecule has 0 fully saturated rings. The standard InChI is InChI=1S/C25H29ClN8O3/c1-18-21(15-30-32-24(35)22-5-4-11-34(22)31-17-29-18)25(36)33(12-10-27-2)13-14-37-23(16-28-3)19-6-8-20(26)9-7-19/h4-9,11,15-17,27H,3,10,12-14H2,1-2H3,(H,29,31)(H,32,35)/b21-18+,23-16-,30-15-. The van der Waals surface area contributed by atoms with Crippen LogP contribution in [-0.4, -0.2) is 73.9 Å². The number of aromatic nitrogens is 1. The molecule has 2 aromatic rings. The molecule has 0 aliphatic carbocycles. The Morgan fingerprint density at radius 1 is 1.30 bits per heavy atom. The van der Waals surface area contributed by atoms with Gasteiger partial charge in [-0.3, -0.25) is 24.7 Å².